The highest BCUT2D eigenvalue weighted by Crippen LogP contribution is 2.23. The molecule has 1 atom stereocenters. The predicted octanol–water partition coefficient (Wildman–Crippen LogP) is 4.57. The fourth-order valence-electron chi connectivity index (χ4n) is 4.23. The number of hydrogen-bond donors (Lipinski definition) is 1. The minimum absolute atomic E-state index is 0.102. The third kappa shape index (κ3) is 5.97. The Morgan fingerprint density at radius 3 is 2.43 bits per heavy atom. The average Bonchev–Trinajstić information content (AvgIpc) is 3.64. The number of benzene rings is 2. The van der Waals surface area contributed by atoms with Crippen LogP contribution in [0.15, 0.2) is 90.1 Å². The molecule has 0 radical (unpaired) electrons. The Labute approximate surface area is 213 Å². The molecular weight excluding hydrogens is 477 g/mol. The number of rotatable bonds is 7. The Bertz CT molecular complexity index is 1300. The zero-order valence-electron chi connectivity index (χ0n) is 20.0. The number of imidazole rings is 1. The molecule has 0 saturated carbocycles. The van der Waals surface area contributed by atoms with Gasteiger partial charge in [-0.2, -0.15) is 0 Å². The van der Waals surface area contributed by atoms with Crippen molar-refractivity contribution in [1.82, 2.24) is 14.5 Å². The zero-order chi connectivity index (χ0) is 25.6. The third-order valence-electron chi connectivity index (χ3n) is 6.20. The Morgan fingerprint density at radius 2 is 1.78 bits per heavy atom. The number of ether oxygens (including phenoxy) is 1. The van der Waals surface area contributed by atoms with E-state index in [4.69, 9.17) is 9.15 Å². The topological polar surface area (TPSA) is 92.8 Å². The molecule has 2 amide bonds. The molecule has 2 aromatic carbocycles. The van der Waals surface area contributed by atoms with Gasteiger partial charge in [-0.25, -0.2) is 14.2 Å². The van der Waals surface area contributed by atoms with E-state index in [1.807, 2.05) is 12.1 Å². The summed E-state index contributed by atoms with van der Waals surface area (Å²) in [6.45, 7) is 2.90. The number of carbonyl (C=O) groups excluding carboxylic acids is 2. The highest BCUT2D eigenvalue weighted by Gasteiger charge is 2.24. The minimum Gasteiger partial charge on any atom is -0.459 e. The number of aromatic nitrogens is 2. The van der Waals surface area contributed by atoms with Crippen LogP contribution in [-0.4, -0.2) is 52.6 Å². The molecule has 1 fully saturated rings. The van der Waals surface area contributed by atoms with Gasteiger partial charge in [-0.15, -0.1) is 0 Å². The van der Waals surface area contributed by atoms with Gasteiger partial charge in [0, 0.05) is 49.9 Å². The maximum Gasteiger partial charge on any atom is 0.412 e. The van der Waals surface area contributed by atoms with Crippen molar-refractivity contribution in [3.8, 4) is 0 Å². The van der Waals surface area contributed by atoms with Crippen LogP contribution in [0.1, 0.15) is 22.2 Å². The molecule has 0 aliphatic carbocycles. The number of nitrogens with zero attached hydrogens (tertiary/aromatic N) is 4. The van der Waals surface area contributed by atoms with Gasteiger partial charge in [0.1, 0.15) is 11.9 Å². The van der Waals surface area contributed by atoms with Crippen LogP contribution in [0.2, 0.25) is 0 Å². The minimum atomic E-state index is -0.630. The van der Waals surface area contributed by atoms with E-state index in [2.05, 4.69) is 15.2 Å². The highest BCUT2D eigenvalue weighted by atomic mass is 19.1. The molecule has 9 nitrogen and oxygen atoms in total. The van der Waals surface area contributed by atoms with Crippen LogP contribution >= 0.6 is 0 Å². The lowest BCUT2D eigenvalue weighted by atomic mass is 10.1. The Kier molecular flexibility index (Phi) is 7.16. The van der Waals surface area contributed by atoms with Crippen molar-refractivity contribution >= 4 is 23.4 Å². The van der Waals surface area contributed by atoms with Crippen molar-refractivity contribution in [3.63, 3.8) is 0 Å². The first-order valence-corrected chi connectivity index (χ1v) is 11.9. The van der Waals surface area contributed by atoms with Crippen molar-refractivity contribution in [3.05, 3.63) is 103 Å². The molecule has 0 spiro atoms. The van der Waals surface area contributed by atoms with Crippen LogP contribution in [0, 0.1) is 5.82 Å². The van der Waals surface area contributed by atoms with E-state index in [1.165, 1.54) is 18.4 Å². The molecule has 0 unspecified atom stereocenters. The summed E-state index contributed by atoms with van der Waals surface area (Å²) < 4.78 is 26.1. The molecule has 190 valence electrons. The van der Waals surface area contributed by atoms with Crippen molar-refractivity contribution in [2.45, 2.75) is 12.6 Å². The molecule has 2 aromatic heterocycles. The van der Waals surface area contributed by atoms with Crippen molar-refractivity contribution < 1.29 is 23.1 Å². The van der Waals surface area contributed by atoms with E-state index in [0.29, 0.717) is 49.7 Å². The lowest BCUT2D eigenvalue weighted by molar-refractivity contribution is 0.0714. The summed E-state index contributed by atoms with van der Waals surface area (Å²) in [5.41, 5.74) is 2.25. The van der Waals surface area contributed by atoms with Gasteiger partial charge in [0.25, 0.3) is 5.91 Å². The largest absolute Gasteiger partial charge is 0.459 e. The first-order valence-electron chi connectivity index (χ1n) is 11.9. The van der Waals surface area contributed by atoms with Gasteiger partial charge in [0.2, 0.25) is 0 Å². The van der Waals surface area contributed by atoms with Crippen LogP contribution in [0.5, 0.6) is 0 Å². The van der Waals surface area contributed by atoms with Crippen LogP contribution in [0.25, 0.3) is 0 Å². The first kappa shape index (κ1) is 24.1. The third-order valence-corrected chi connectivity index (χ3v) is 6.20. The highest BCUT2D eigenvalue weighted by molar-refractivity contribution is 5.91. The van der Waals surface area contributed by atoms with E-state index >= 15 is 0 Å². The van der Waals surface area contributed by atoms with Crippen LogP contribution < -0.4 is 10.2 Å². The summed E-state index contributed by atoms with van der Waals surface area (Å²) in [6.07, 6.45) is 5.28. The van der Waals surface area contributed by atoms with E-state index < -0.39 is 12.2 Å². The van der Waals surface area contributed by atoms with Gasteiger partial charge in [0.15, 0.2) is 5.76 Å². The lowest BCUT2D eigenvalue weighted by Gasteiger charge is -2.35. The van der Waals surface area contributed by atoms with Gasteiger partial charge >= 0.3 is 6.09 Å². The quantitative estimate of drug-likeness (QED) is 0.397. The van der Waals surface area contributed by atoms with E-state index in [0.717, 1.165) is 5.69 Å². The number of anilines is 2. The number of hydrogen-bond acceptors (Lipinski definition) is 6. The standard InChI is InChI=1S/C27H26FN5O4/c28-21-5-3-20(4-6-21)25(18-31-12-11-29-19-31)37-27(35)30-22-7-9-23(10-8-22)32-13-15-33(16-14-32)26(34)24-2-1-17-36-24/h1-12,17,19,25H,13-16,18H2,(H,30,35)/t25-/m1/s1. The van der Waals surface area contributed by atoms with Crippen molar-refractivity contribution in [1.29, 1.82) is 0 Å². The molecule has 1 aliphatic rings. The fraction of sp³-hybridized carbons (Fsp3) is 0.222. The molecule has 5 rings (SSSR count). The molecule has 10 heteroatoms. The Balaban J connectivity index is 1.17. The molecule has 4 aromatic rings. The van der Waals surface area contributed by atoms with E-state index in [1.54, 1.807) is 64.6 Å². The lowest BCUT2D eigenvalue weighted by Crippen LogP contribution is -2.48. The summed E-state index contributed by atoms with van der Waals surface area (Å²) in [7, 11) is 0. The molecule has 1 saturated heterocycles. The number of amides is 2. The molecule has 3 heterocycles. The summed E-state index contributed by atoms with van der Waals surface area (Å²) in [5.74, 6) is -0.114. The number of halogens is 1. The first-order chi connectivity index (χ1) is 18.0. The van der Waals surface area contributed by atoms with Crippen LogP contribution in [0.4, 0.5) is 20.6 Å². The fourth-order valence-corrected chi connectivity index (χ4v) is 4.23. The number of piperazine rings is 1. The van der Waals surface area contributed by atoms with Gasteiger partial charge in [-0.3, -0.25) is 10.1 Å². The average molecular weight is 504 g/mol. The maximum absolute atomic E-state index is 13.4. The van der Waals surface area contributed by atoms with Gasteiger partial charge < -0.3 is 23.5 Å². The van der Waals surface area contributed by atoms with Crippen LogP contribution in [0.3, 0.4) is 0 Å². The Morgan fingerprint density at radius 1 is 1.03 bits per heavy atom. The van der Waals surface area contributed by atoms with Crippen molar-refractivity contribution in [2.75, 3.05) is 36.4 Å². The molecule has 1 aliphatic heterocycles. The molecule has 0 bridgehead atoms. The van der Waals surface area contributed by atoms with Crippen molar-refractivity contribution in [2.24, 2.45) is 0 Å². The normalized spacial score (nSPS) is 14.3. The van der Waals surface area contributed by atoms with Gasteiger partial charge in [0.05, 0.1) is 19.1 Å². The molecule has 1 N–H and O–H groups in total. The summed E-state index contributed by atoms with van der Waals surface area (Å²) in [6, 6.07) is 16.7. The summed E-state index contributed by atoms with van der Waals surface area (Å²) in [4.78, 5) is 33.1. The second kappa shape index (κ2) is 11.0. The molecular formula is C27H26FN5O4. The van der Waals surface area contributed by atoms with E-state index in [-0.39, 0.29) is 11.7 Å². The van der Waals surface area contributed by atoms with Crippen LogP contribution in [-0.2, 0) is 11.3 Å². The number of carbonyl (C=O) groups is 2. The number of furan rings is 1. The predicted molar refractivity (Wildman–Crippen MR) is 135 cm³/mol. The Hall–Kier alpha value is -4.60. The zero-order valence-corrected chi connectivity index (χ0v) is 20.0. The van der Waals surface area contributed by atoms with Gasteiger partial charge in [-0.05, 0) is 54.1 Å². The number of nitrogens with one attached hydrogen (secondary N) is 1. The smallest absolute Gasteiger partial charge is 0.412 e. The molecule has 37 heavy (non-hydrogen) atoms. The summed E-state index contributed by atoms with van der Waals surface area (Å²) >= 11 is 0. The van der Waals surface area contributed by atoms with Gasteiger partial charge in [-0.1, -0.05) is 12.1 Å². The second-order valence-electron chi connectivity index (χ2n) is 8.63. The maximum atomic E-state index is 13.4. The van der Waals surface area contributed by atoms with E-state index in [9.17, 15) is 14.0 Å². The monoisotopic (exact) mass is 503 g/mol. The summed E-state index contributed by atoms with van der Waals surface area (Å²) in [5, 5.41) is 2.76. The second-order valence-corrected chi connectivity index (χ2v) is 8.63. The SMILES string of the molecule is O=C(Nc1ccc(N2CCN(C(=O)c3ccco3)CC2)cc1)O[C@H](Cn1ccnc1)c1ccc(F)cc1.